The maximum Gasteiger partial charge on any atom is 0.160 e. The summed E-state index contributed by atoms with van der Waals surface area (Å²) in [6.07, 6.45) is 0. The van der Waals surface area contributed by atoms with Gasteiger partial charge in [-0.3, -0.25) is 0 Å². The van der Waals surface area contributed by atoms with Gasteiger partial charge in [-0.05, 0) is 66.7 Å². The third kappa shape index (κ3) is 5.11. The number of hydrogen-bond donors (Lipinski definition) is 0. The van der Waals surface area contributed by atoms with Crippen LogP contribution in [0, 0.1) is 34.0 Å². The second kappa shape index (κ2) is 13.0. The van der Waals surface area contributed by atoms with Crippen molar-refractivity contribution in [3.63, 3.8) is 0 Å². The van der Waals surface area contributed by atoms with Gasteiger partial charge >= 0.3 is 0 Å². The number of para-hydroxylation sites is 2. The van der Waals surface area contributed by atoms with Gasteiger partial charge in [-0.15, -0.1) is 0 Å². The van der Waals surface area contributed by atoms with Crippen LogP contribution < -0.4 is 0 Å². The van der Waals surface area contributed by atoms with Crippen molar-refractivity contribution in [2.24, 2.45) is 0 Å². The lowest BCUT2D eigenvalue weighted by atomic mass is 10.0. The molecule has 10 aromatic rings. The van der Waals surface area contributed by atoms with Crippen LogP contribution in [0.4, 0.5) is 0 Å². The lowest BCUT2D eigenvalue weighted by molar-refractivity contribution is 1.11. The first-order valence-electron chi connectivity index (χ1n) is 18.1. The molecule has 7 heteroatoms. The molecule has 0 spiro atoms. The second-order valence-electron chi connectivity index (χ2n) is 13.6. The minimum Gasteiger partial charge on any atom is -0.308 e. The van der Waals surface area contributed by atoms with Crippen LogP contribution in [-0.2, 0) is 0 Å². The first kappa shape index (κ1) is 32.3. The fraction of sp³-hybridized carbons (Fsp3) is 0. The summed E-state index contributed by atoms with van der Waals surface area (Å²) in [4.78, 5) is 10.3. The van der Waals surface area contributed by atoms with Crippen molar-refractivity contribution in [3.8, 4) is 63.5 Å². The molecule has 10 rings (SSSR count). The molecule has 0 saturated carbocycles. The summed E-state index contributed by atoms with van der Waals surface area (Å²) < 4.78 is 4.24. The van der Waals surface area contributed by atoms with Crippen LogP contribution in [0.5, 0.6) is 0 Å². The van der Waals surface area contributed by atoms with Crippen molar-refractivity contribution < 1.29 is 0 Å². The molecular formula is C49H27N7. The van der Waals surface area contributed by atoms with Gasteiger partial charge < -0.3 is 9.13 Å². The molecule has 3 heterocycles. The Balaban J connectivity index is 1.36. The molecule has 0 aliphatic heterocycles. The molecule has 0 unspecified atom stereocenters. The topological polar surface area (TPSA) is 107 Å². The third-order valence-corrected chi connectivity index (χ3v) is 10.4. The van der Waals surface area contributed by atoms with E-state index in [9.17, 15) is 15.8 Å². The molecule has 0 aliphatic carbocycles. The lowest BCUT2D eigenvalue weighted by Crippen LogP contribution is -2.06. The summed E-state index contributed by atoms with van der Waals surface area (Å²) in [6, 6.07) is 60.8. The van der Waals surface area contributed by atoms with Crippen LogP contribution in [0.1, 0.15) is 16.7 Å². The molecule has 56 heavy (non-hydrogen) atoms. The number of nitriles is 3. The van der Waals surface area contributed by atoms with E-state index in [2.05, 4.69) is 39.5 Å². The standard InChI is InChI=1S/C49H27N7/c50-28-31-19-21-45-38(23-31)36-15-7-9-17-43(36)55(45)47-25-35(42-27-41(33-11-3-1-4-12-33)53-49(54-42)34-13-5-2-6-14-34)26-48(40(47)30-52)56-44-18-10-8-16-37(44)39-24-32(29-51)20-22-46(39)56/h1-27H. The summed E-state index contributed by atoms with van der Waals surface area (Å²) in [5.41, 5.74) is 10.5. The van der Waals surface area contributed by atoms with Crippen LogP contribution in [0.15, 0.2) is 164 Å². The van der Waals surface area contributed by atoms with E-state index >= 15 is 0 Å². The van der Waals surface area contributed by atoms with Gasteiger partial charge in [-0.1, -0.05) is 97.1 Å². The maximum atomic E-state index is 11.3. The highest BCUT2D eigenvalue weighted by Crippen LogP contribution is 2.41. The number of fused-ring (bicyclic) bond motifs is 6. The largest absolute Gasteiger partial charge is 0.308 e. The molecule has 0 atom stereocenters. The minimum absolute atomic E-state index is 0.452. The van der Waals surface area contributed by atoms with Crippen molar-refractivity contribution in [3.05, 3.63) is 180 Å². The average molecular weight is 714 g/mol. The van der Waals surface area contributed by atoms with Gasteiger partial charge in [0.25, 0.3) is 0 Å². The zero-order valence-corrected chi connectivity index (χ0v) is 29.7. The fourth-order valence-electron chi connectivity index (χ4n) is 7.90. The Morgan fingerprint density at radius 3 is 1.32 bits per heavy atom. The van der Waals surface area contributed by atoms with E-state index in [1.807, 2.05) is 152 Å². The highest BCUT2D eigenvalue weighted by molar-refractivity contribution is 6.11. The molecule has 0 saturated heterocycles. The van der Waals surface area contributed by atoms with Gasteiger partial charge in [0, 0.05) is 38.2 Å². The van der Waals surface area contributed by atoms with E-state index in [-0.39, 0.29) is 0 Å². The highest BCUT2D eigenvalue weighted by atomic mass is 15.0. The van der Waals surface area contributed by atoms with Crippen molar-refractivity contribution in [2.75, 3.05) is 0 Å². The van der Waals surface area contributed by atoms with Crippen LogP contribution in [-0.4, -0.2) is 19.1 Å². The molecule has 0 N–H and O–H groups in total. The van der Waals surface area contributed by atoms with Gasteiger partial charge in [0.1, 0.15) is 11.6 Å². The first-order chi connectivity index (χ1) is 27.6. The number of nitrogens with zero attached hydrogens (tertiary/aromatic N) is 7. The zero-order valence-electron chi connectivity index (χ0n) is 29.7. The molecule has 7 aromatic carbocycles. The molecule has 0 bridgehead atoms. The highest BCUT2D eigenvalue weighted by Gasteiger charge is 2.24. The predicted octanol–water partition coefficient (Wildman–Crippen LogP) is 11.3. The summed E-state index contributed by atoms with van der Waals surface area (Å²) in [6.45, 7) is 0. The fourth-order valence-corrected chi connectivity index (χ4v) is 7.90. The quantitative estimate of drug-likeness (QED) is 0.176. The number of benzene rings is 7. The summed E-state index contributed by atoms with van der Waals surface area (Å²) >= 11 is 0. The van der Waals surface area contributed by atoms with Crippen molar-refractivity contribution in [2.45, 2.75) is 0 Å². The molecule has 258 valence electrons. The van der Waals surface area contributed by atoms with E-state index in [0.717, 1.165) is 66.0 Å². The molecule has 0 aliphatic rings. The Kier molecular flexibility index (Phi) is 7.49. The molecule has 3 aromatic heterocycles. The normalized spacial score (nSPS) is 11.2. The first-order valence-corrected chi connectivity index (χ1v) is 18.1. The number of rotatable bonds is 5. The monoisotopic (exact) mass is 713 g/mol. The van der Waals surface area contributed by atoms with E-state index in [1.165, 1.54) is 0 Å². The van der Waals surface area contributed by atoms with Gasteiger partial charge in [0.05, 0.1) is 68.1 Å². The molecule has 0 amide bonds. The Hall–Kier alpha value is -8.31. The Bertz CT molecular complexity index is 3120. The average Bonchev–Trinajstić information content (AvgIpc) is 3.78. The summed E-state index contributed by atoms with van der Waals surface area (Å²) in [5, 5.41) is 34.8. The zero-order chi connectivity index (χ0) is 37.8. The van der Waals surface area contributed by atoms with E-state index in [0.29, 0.717) is 39.6 Å². The molecule has 7 nitrogen and oxygen atoms in total. The van der Waals surface area contributed by atoms with E-state index in [1.54, 1.807) is 0 Å². The summed E-state index contributed by atoms with van der Waals surface area (Å²) in [7, 11) is 0. The van der Waals surface area contributed by atoms with Crippen molar-refractivity contribution in [1.82, 2.24) is 19.1 Å². The second-order valence-corrected chi connectivity index (χ2v) is 13.6. The van der Waals surface area contributed by atoms with Gasteiger partial charge in [-0.25, -0.2) is 9.97 Å². The molecular weight excluding hydrogens is 687 g/mol. The van der Waals surface area contributed by atoms with Crippen molar-refractivity contribution in [1.29, 1.82) is 15.8 Å². The molecule has 0 radical (unpaired) electrons. The van der Waals surface area contributed by atoms with Crippen LogP contribution in [0.3, 0.4) is 0 Å². The predicted molar refractivity (Wildman–Crippen MR) is 221 cm³/mol. The van der Waals surface area contributed by atoms with Crippen LogP contribution >= 0.6 is 0 Å². The van der Waals surface area contributed by atoms with Gasteiger partial charge in [-0.2, -0.15) is 15.8 Å². The van der Waals surface area contributed by atoms with Crippen molar-refractivity contribution >= 4 is 43.6 Å². The number of hydrogen-bond acceptors (Lipinski definition) is 5. The lowest BCUT2D eigenvalue weighted by Gasteiger charge is -2.18. The Labute approximate surface area is 321 Å². The van der Waals surface area contributed by atoms with Crippen LogP contribution in [0.2, 0.25) is 0 Å². The third-order valence-electron chi connectivity index (χ3n) is 10.4. The maximum absolute atomic E-state index is 11.3. The summed E-state index contributed by atoms with van der Waals surface area (Å²) in [5.74, 6) is 0.580. The minimum atomic E-state index is 0.452. The van der Waals surface area contributed by atoms with Gasteiger partial charge in [0.2, 0.25) is 0 Å². The smallest absolute Gasteiger partial charge is 0.160 e. The number of aromatic nitrogens is 4. The van der Waals surface area contributed by atoms with E-state index < -0.39 is 0 Å². The SMILES string of the molecule is N#Cc1ccc2c(c1)c1ccccc1n2-c1cc(-c2cc(-c3ccccc3)nc(-c3ccccc3)n2)cc(-n2c3ccccc3c3cc(C#N)ccc32)c1C#N. The Morgan fingerprint density at radius 1 is 0.375 bits per heavy atom. The van der Waals surface area contributed by atoms with Crippen LogP contribution in [0.25, 0.3) is 88.9 Å². The Morgan fingerprint density at radius 2 is 0.821 bits per heavy atom. The van der Waals surface area contributed by atoms with Gasteiger partial charge in [0.15, 0.2) is 5.82 Å². The van der Waals surface area contributed by atoms with E-state index in [4.69, 9.17) is 9.97 Å². The molecule has 0 fully saturated rings.